The van der Waals surface area contributed by atoms with Gasteiger partial charge in [-0.05, 0) is 0 Å². The molecule has 0 saturated heterocycles. The molecule has 0 aliphatic heterocycles. The minimum Gasteiger partial charge on any atom is -0.481 e. The summed E-state index contributed by atoms with van der Waals surface area (Å²) in [6, 6.07) is 0. The van der Waals surface area contributed by atoms with Crippen molar-refractivity contribution >= 4 is 23.9 Å². The van der Waals surface area contributed by atoms with Crippen LogP contribution in [0.4, 0.5) is 0 Å². The van der Waals surface area contributed by atoms with Crippen LogP contribution in [0.1, 0.15) is 27.7 Å². The summed E-state index contributed by atoms with van der Waals surface area (Å²) in [4.78, 5) is 36.0. The van der Waals surface area contributed by atoms with Crippen molar-refractivity contribution in [3.8, 4) is 0 Å². The molecule has 0 unspecified atom stereocenters. The molecule has 0 amide bonds. The topological polar surface area (TPSA) is 274 Å². The van der Waals surface area contributed by atoms with Crippen LogP contribution in [0.15, 0.2) is 0 Å². The molecule has 0 spiro atoms. The van der Waals surface area contributed by atoms with Crippen molar-refractivity contribution < 1.29 is 44.7 Å². The van der Waals surface area contributed by atoms with Gasteiger partial charge < -0.3 is 48.5 Å². The Morgan fingerprint density at radius 1 is 0.615 bits per heavy atom. The first-order valence-electron chi connectivity index (χ1n) is 6.92. The quantitative estimate of drug-likeness (QED) is 0.242. The van der Waals surface area contributed by atoms with E-state index >= 15 is 0 Å². The van der Waals surface area contributed by atoms with E-state index in [9.17, 15) is 0 Å². The van der Waals surface area contributed by atoms with Gasteiger partial charge in [-0.3, -0.25) is 19.2 Å². The molecule has 0 saturated carbocycles. The molecule has 0 heterocycles. The summed E-state index contributed by atoms with van der Waals surface area (Å²) in [5.41, 5.74) is 19.7. The molecule has 0 rings (SSSR count). The van der Waals surface area contributed by atoms with Gasteiger partial charge in [0.1, 0.15) is 0 Å². The van der Waals surface area contributed by atoms with E-state index in [-0.39, 0.29) is 13.1 Å². The van der Waals surface area contributed by atoms with Crippen molar-refractivity contribution in [1.82, 2.24) is 0 Å². The molecule has 160 valence electrons. The standard InChI is InChI=1S/C3H10N2O.C2H8N2.4C2H4O2/c4-1-3(6)2-5;3-1-2-4;4*1-2(3)4/h3,6H,1-2,4-5H2;1-4H2;4*1H3,(H,3,4). The molecule has 0 fully saturated rings. The number of nitrogens with two attached hydrogens (primary N) is 4. The molecule has 0 aliphatic carbocycles. The normalized spacial score (nSPS) is 7.31. The molecule has 0 aromatic carbocycles. The smallest absolute Gasteiger partial charge is 0.300 e. The lowest BCUT2D eigenvalue weighted by Crippen LogP contribution is -2.27. The number of aliphatic carboxylic acids is 4. The molecule has 0 radical (unpaired) electrons. The van der Waals surface area contributed by atoms with Crippen LogP contribution in [0.25, 0.3) is 0 Å². The molecule has 0 aromatic heterocycles. The summed E-state index contributed by atoms with van der Waals surface area (Å²) >= 11 is 0. The van der Waals surface area contributed by atoms with Crippen molar-refractivity contribution in [3.63, 3.8) is 0 Å². The Morgan fingerprint density at radius 3 is 0.731 bits per heavy atom. The highest BCUT2D eigenvalue weighted by atomic mass is 16.4. The maximum Gasteiger partial charge on any atom is 0.300 e. The number of carboxylic acids is 4. The Bertz CT molecular complexity index is 259. The van der Waals surface area contributed by atoms with Crippen molar-refractivity contribution in [2.24, 2.45) is 22.9 Å². The second kappa shape index (κ2) is 38.3. The zero-order chi connectivity index (χ0) is 22.7. The predicted molar refractivity (Wildman–Crippen MR) is 95.5 cm³/mol. The fraction of sp³-hybridized carbons (Fsp3) is 0.692. The zero-order valence-corrected chi connectivity index (χ0v) is 15.6. The molecule has 0 aliphatic rings. The lowest BCUT2D eigenvalue weighted by atomic mass is 10.4. The molecule has 0 aromatic rings. The van der Waals surface area contributed by atoms with Gasteiger partial charge in [-0.25, -0.2) is 0 Å². The van der Waals surface area contributed by atoms with Gasteiger partial charge in [0.25, 0.3) is 23.9 Å². The third-order valence-electron chi connectivity index (χ3n) is 0.711. The van der Waals surface area contributed by atoms with E-state index in [0.29, 0.717) is 13.1 Å². The first-order chi connectivity index (χ1) is 11.7. The van der Waals surface area contributed by atoms with Gasteiger partial charge in [-0.2, -0.15) is 0 Å². The van der Waals surface area contributed by atoms with E-state index in [1.54, 1.807) is 0 Å². The Kier molecular flexibility index (Phi) is 57.4. The van der Waals surface area contributed by atoms with E-state index in [1.807, 2.05) is 0 Å². The van der Waals surface area contributed by atoms with Crippen molar-refractivity contribution in [2.45, 2.75) is 33.8 Å². The number of hydrogen-bond donors (Lipinski definition) is 9. The molecular weight excluding hydrogens is 356 g/mol. The van der Waals surface area contributed by atoms with Gasteiger partial charge in [0.2, 0.25) is 0 Å². The molecule has 26 heavy (non-hydrogen) atoms. The van der Waals surface area contributed by atoms with E-state index in [1.165, 1.54) is 0 Å². The number of aliphatic hydroxyl groups is 1. The molecule has 13 N–H and O–H groups in total. The SMILES string of the molecule is CC(=O)O.CC(=O)O.CC(=O)O.CC(=O)O.NCC(O)CN.NCCN. The van der Waals surface area contributed by atoms with Crippen molar-refractivity contribution in [3.05, 3.63) is 0 Å². The summed E-state index contributed by atoms with van der Waals surface area (Å²) in [5.74, 6) is -3.33. The average molecular weight is 390 g/mol. The fourth-order valence-corrected chi connectivity index (χ4v) is 0.0962. The second-order valence-electron chi connectivity index (χ2n) is 3.78. The Hall–Kier alpha value is -2.32. The van der Waals surface area contributed by atoms with Crippen LogP contribution in [0.5, 0.6) is 0 Å². The first kappa shape index (κ1) is 39.0. The van der Waals surface area contributed by atoms with Crippen LogP contribution in [0.2, 0.25) is 0 Å². The van der Waals surface area contributed by atoms with E-state index in [4.69, 9.17) is 67.6 Å². The zero-order valence-electron chi connectivity index (χ0n) is 15.6. The minimum atomic E-state index is -0.833. The summed E-state index contributed by atoms with van der Waals surface area (Å²) in [6.07, 6.45) is -0.509. The van der Waals surface area contributed by atoms with Crippen molar-refractivity contribution in [2.75, 3.05) is 26.2 Å². The Labute approximate surface area is 152 Å². The average Bonchev–Trinajstić information content (AvgIpc) is 2.44. The summed E-state index contributed by atoms with van der Waals surface area (Å²) in [7, 11) is 0. The van der Waals surface area contributed by atoms with Gasteiger partial charge in [0.05, 0.1) is 6.10 Å². The van der Waals surface area contributed by atoms with Crippen LogP contribution < -0.4 is 22.9 Å². The fourth-order valence-electron chi connectivity index (χ4n) is 0.0962. The Morgan fingerprint density at radius 2 is 0.731 bits per heavy atom. The largest absolute Gasteiger partial charge is 0.481 e. The van der Waals surface area contributed by atoms with Gasteiger partial charge in [0.15, 0.2) is 0 Å². The van der Waals surface area contributed by atoms with E-state index in [0.717, 1.165) is 27.7 Å². The Balaban J connectivity index is -0.0000000466. The summed E-state index contributed by atoms with van der Waals surface area (Å²) in [6.45, 7) is 6.05. The summed E-state index contributed by atoms with van der Waals surface area (Å²) < 4.78 is 0. The van der Waals surface area contributed by atoms with Crippen molar-refractivity contribution in [1.29, 1.82) is 0 Å². The maximum absolute atomic E-state index is 9.00. The van der Waals surface area contributed by atoms with Crippen LogP contribution >= 0.6 is 0 Å². The van der Waals surface area contributed by atoms with Gasteiger partial charge in [0, 0.05) is 53.9 Å². The summed E-state index contributed by atoms with van der Waals surface area (Å²) in [5, 5.41) is 38.1. The molecule has 13 nitrogen and oxygen atoms in total. The van der Waals surface area contributed by atoms with Gasteiger partial charge in [-0.1, -0.05) is 0 Å². The lowest BCUT2D eigenvalue weighted by Gasteiger charge is -1.98. The minimum absolute atomic E-state index is 0.260. The molecule has 0 atom stereocenters. The number of carboxylic acid groups (broad SMARTS) is 4. The highest BCUT2D eigenvalue weighted by Crippen LogP contribution is 1.66. The van der Waals surface area contributed by atoms with Crippen LogP contribution in [-0.4, -0.2) is 81.7 Å². The lowest BCUT2D eigenvalue weighted by molar-refractivity contribution is -0.135. The number of hydrogen-bond acceptors (Lipinski definition) is 9. The number of carbonyl (C=O) groups is 4. The van der Waals surface area contributed by atoms with Crippen LogP contribution in [0, 0.1) is 0 Å². The second-order valence-corrected chi connectivity index (χ2v) is 3.78. The number of aliphatic hydroxyl groups excluding tert-OH is 1. The van der Waals surface area contributed by atoms with Gasteiger partial charge >= 0.3 is 0 Å². The third kappa shape index (κ3) is 1290. The van der Waals surface area contributed by atoms with E-state index in [2.05, 4.69) is 0 Å². The molecule has 13 heteroatoms. The van der Waals surface area contributed by atoms with E-state index < -0.39 is 30.0 Å². The monoisotopic (exact) mass is 390 g/mol. The first-order valence-corrected chi connectivity index (χ1v) is 6.92. The molecule has 0 bridgehead atoms. The highest BCUT2D eigenvalue weighted by molar-refractivity contribution is 5.63. The van der Waals surface area contributed by atoms with Crippen LogP contribution in [0.3, 0.4) is 0 Å². The maximum atomic E-state index is 9.00. The number of rotatable bonds is 3. The van der Waals surface area contributed by atoms with Gasteiger partial charge in [-0.15, -0.1) is 0 Å². The predicted octanol–water partition coefficient (Wildman–Crippen LogP) is -2.47. The molecular formula is C13H34N4O9. The van der Waals surface area contributed by atoms with Crippen LogP contribution in [-0.2, 0) is 19.2 Å². The highest BCUT2D eigenvalue weighted by Gasteiger charge is 1.91. The third-order valence-corrected chi connectivity index (χ3v) is 0.711.